The van der Waals surface area contributed by atoms with E-state index >= 15 is 0 Å². The minimum absolute atomic E-state index is 0.0150. The minimum Gasteiger partial charge on any atom is -0.440 e. The Balaban J connectivity index is 1.81. The fourth-order valence-electron chi connectivity index (χ4n) is 2.96. The minimum atomic E-state index is -0.0150. The van der Waals surface area contributed by atoms with Crippen LogP contribution in [0, 0.1) is 6.92 Å². The predicted octanol–water partition coefficient (Wildman–Crippen LogP) is 3.90. The van der Waals surface area contributed by atoms with E-state index in [1.807, 2.05) is 55.6 Å². The quantitative estimate of drug-likeness (QED) is 0.567. The molecule has 0 aliphatic heterocycles. The SMILES string of the molecule is CCn1c(=O)n(Cc2nc(-c3cccs3)oc2C)c2ccccc21. The Morgan fingerprint density at radius 3 is 2.54 bits per heavy atom. The summed E-state index contributed by atoms with van der Waals surface area (Å²) in [5, 5.41) is 1.99. The first kappa shape index (κ1) is 15.0. The zero-order chi connectivity index (χ0) is 16.7. The summed E-state index contributed by atoms with van der Waals surface area (Å²) < 4.78 is 9.34. The molecule has 6 heteroatoms. The van der Waals surface area contributed by atoms with Crippen LogP contribution in [0.2, 0.25) is 0 Å². The number of thiophene rings is 1. The molecule has 0 saturated heterocycles. The highest BCUT2D eigenvalue weighted by molar-refractivity contribution is 7.13. The third kappa shape index (κ3) is 2.30. The molecular formula is C18H17N3O2S. The maximum atomic E-state index is 12.7. The van der Waals surface area contributed by atoms with Crippen molar-refractivity contribution in [2.45, 2.75) is 26.9 Å². The zero-order valence-corrected chi connectivity index (χ0v) is 14.3. The Morgan fingerprint density at radius 1 is 1.12 bits per heavy atom. The van der Waals surface area contributed by atoms with Crippen LogP contribution in [0.3, 0.4) is 0 Å². The van der Waals surface area contributed by atoms with Crippen LogP contribution in [0.5, 0.6) is 0 Å². The average Bonchev–Trinajstić information content (AvgIpc) is 3.28. The number of hydrogen-bond donors (Lipinski definition) is 0. The van der Waals surface area contributed by atoms with Crippen LogP contribution in [-0.4, -0.2) is 14.1 Å². The summed E-state index contributed by atoms with van der Waals surface area (Å²) in [4.78, 5) is 18.3. The second-order valence-corrected chi connectivity index (χ2v) is 6.55. The number of aryl methyl sites for hydroxylation is 2. The molecule has 4 aromatic rings. The highest BCUT2D eigenvalue weighted by Crippen LogP contribution is 2.26. The van der Waals surface area contributed by atoms with Crippen molar-refractivity contribution in [1.82, 2.24) is 14.1 Å². The molecule has 0 radical (unpaired) electrons. The third-order valence-electron chi connectivity index (χ3n) is 4.17. The van der Waals surface area contributed by atoms with Crippen molar-refractivity contribution in [2.75, 3.05) is 0 Å². The molecule has 4 rings (SSSR count). The number of rotatable bonds is 4. The second kappa shape index (κ2) is 5.79. The Morgan fingerprint density at radius 2 is 1.88 bits per heavy atom. The summed E-state index contributed by atoms with van der Waals surface area (Å²) in [5.74, 6) is 1.36. The van der Waals surface area contributed by atoms with Crippen LogP contribution >= 0.6 is 11.3 Å². The molecule has 0 N–H and O–H groups in total. The molecule has 0 unspecified atom stereocenters. The van der Waals surface area contributed by atoms with E-state index in [-0.39, 0.29) is 5.69 Å². The summed E-state index contributed by atoms with van der Waals surface area (Å²) in [6.07, 6.45) is 0. The normalized spacial score (nSPS) is 11.4. The number of para-hydroxylation sites is 2. The van der Waals surface area contributed by atoms with Crippen LogP contribution in [0.1, 0.15) is 18.4 Å². The van der Waals surface area contributed by atoms with E-state index in [0.717, 1.165) is 27.4 Å². The van der Waals surface area contributed by atoms with Crippen molar-refractivity contribution in [3.63, 3.8) is 0 Å². The van der Waals surface area contributed by atoms with E-state index in [2.05, 4.69) is 4.98 Å². The molecule has 0 atom stereocenters. The highest BCUT2D eigenvalue weighted by Gasteiger charge is 2.17. The van der Waals surface area contributed by atoms with Gasteiger partial charge in [0.2, 0.25) is 5.89 Å². The van der Waals surface area contributed by atoms with Gasteiger partial charge >= 0.3 is 5.69 Å². The molecule has 0 saturated carbocycles. The number of nitrogens with zero attached hydrogens (tertiary/aromatic N) is 3. The number of aromatic nitrogens is 3. The first-order chi connectivity index (χ1) is 11.7. The van der Waals surface area contributed by atoms with Gasteiger partial charge in [0.05, 0.1) is 22.5 Å². The highest BCUT2D eigenvalue weighted by atomic mass is 32.1. The smallest absolute Gasteiger partial charge is 0.329 e. The predicted molar refractivity (Wildman–Crippen MR) is 95.5 cm³/mol. The molecule has 0 amide bonds. The number of hydrogen-bond acceptors (Lipinski definition) is 4. The van der Waals surface area contributed by atoms with Gasteiger partial charge in [-0.1, -0.05) is 18.2 Å². The molecule has 1 aromatic carbocycles. The van der Waals surface area contributed by atoms with Crippen molar-refractivity contribution >= 4 is 22.4 Å². The van der Waals surface area contributed by atoms with E-state index in [9.17, 15) is 4.79 Å². The Hall–Kier alpha value is -2.60. The topological polar surface area (TPSA) is 53.0 Å². The maximum Gasteiger partial charge on any atom is 0.329 e. The van der Waals surface area contributed by atoms with E-state index in [1.54, 1.807) is 20.5 Å². The van der Waals surface area contributed by atoms with Crippen molar-refractivity contribution in [3.05, 3.63) is 63.7 Å². The molecule has 0 aliphatic rings. The summed E-state index contributed by atoms with van der Waals surface area (Å²) in [6, 6.07) is 11.8. The van der Waals surface area contributed by atoms with Crippen LogP contribution in [0.15, 0.2) is 51.0 Å². The van der Waals surface area contributed by atoms with Crippen LogP contribution in [-0.2, 0) is 13.1 Å². The fraction of sp³-hybridized carbons (Fsp3) is 0.222. The lowest BCUT2D eigenvalue weighted by Gasteiger charge is -2.00. The van der Waals surface area contributed by atoms with Crippen LogP contribution in [0.4, 0.5) is 0 Å². The van der Waals surface area contributed by atoms with Crippen molar-refractivity contribution < 1.29 is 4.42 Å². The molecule has 5 nitrogen and oxygen atoms in total. The van der Waals surface area contributed by atoms with E-state index in [0.29, 0.717) is 19.0 Å². The zero-order valence-electron chi connectivity index (χ0n) is 13.5. The molecular weight excluding hydrogens is 322 g/mol. The Kier molecular flexibility index (Phi) is 3.61. The molecule has 24 heavy (non-hydrogen) atoms. The molecule has 122 valence electrons. The number of fused-ring (bicyclic) bond motifs is 1. The Labute approximate surface area is 142 Å². The van der Waals surface area contributed by atoms with Gasteiger partial charge in [-0.3, -0.25) is 9.13 Å². The van der Waals surface area contributed by atoms with E-state index < -0.39 is 0 Å². The van der Waals surface area contributed by atoms with Gasteiger partial charge < -0.3 is 4.42 Å². The van der Waals surface area contributed by atoms with E-state index in [4.69, 9.17) is 4.42 Å². The standard InChI is InChI=1S/C18H17N3O2S/c1-3-20-14-7-4-5-8-15(14)21(18(20)22)11-13-12(2)23-17(19-13)16-9-6-10-24-16/h4-10H,3,11H2,1-2H3. The van der Waals surface area contributed by atoms with Gasteiger partial charge in [0.1, 0.15) is 11.5 Å². The van der Waals surface area contributed by atoms with E-state index in [1.165, 1.54) is 0 Å². The summed E-state index contributed by atoms with van der Waals surface area (Å²) in [6.45, 7) is 4.93. The largest absolute Gasteiger partial charge is 0.440 e. The fourth-order valence-corrected chi connectivity index (χ4v) is 3.61. The molecule has 3 aromatic heterocycles. The maximum absolute atomic E-state index is 12.7. The van der Waals surface area contributed by atoms with Gasteiger partial charge in [-0.2, -0.15) is 0 Å². The molecule has 0 aliphatic carbocycles. The summed E-state index contributed by atoms with van der Waals surface area (Å²) in [5.41, 5.74) is 2.65. The number of imidazole rings is 1. The lowest BCUT2D eigenvalue weighted by molar-refractivity contribution is 0.538. The first-order valence-electron chi connectivity index (χ1n) is 7.87. The van der Waals surface area contributed by atoms with Gasteiger partial charge in [0, 0.05) is 6.54 Å². The van der Waals surface area contributed by atoms with Crippen LogP contribution in [0.25, 0.3) is 21.8 Å². The monoisotopic (exact) mass is 339 g/mol. The van der Waals surface area contributed by atoms with Crippen molar-refractivity contribution in [3.8, 4) is 10.8 Å². The average molecular weight is 339 g/mol. The molecule has 0 spiro atoms. The van der Waals surface area contributed by atoms with Gasteiger partial charge in [0.25, 0.3) is 0 Å². The lowest BCUT2D eigenvalue weighted by Crippen LogP contribution is -2.24. The molecule has 0 fully saturated rings. The summed E-state index contributed by atoms with van der Waals surface area (Å²) >= 11 is 1.59. The van der Waals surface area contributed by atoms with Gasteiger partial charge in [0.15, 0.2) is 0 Å². The molecule has 3 heterocycles. The number of benzene rings is 1. The summed E-state index contributed by atoms with van der Waals surface area (Å²) in [7, 11) is 0. The van der Waals surface area contributed by atoms with Gasteiger partial charge in [-0.15, -0.1) is 11.3 Å². The number of oxazole rings is 1. The first-order valence-corrected chi connectivity index (χ1v) is 8.75. The second-order valence-electron chi connectivity index (χ2n) is 5.60. The van der Waals surface area contributed by atoms with Crippen LogP contribution < -0.4 is 5.69 Å². The Bertz CT molecular complexity index is 1050. The van der Waals surface area contributed by atoms with Gasteiger partial charge in [-0.25, -0.2) is 9.78 Å². The van der Waals surface area contributed by atoms with Crippen molar-refractivity contribution in [1.29, 1.82) is 0 Å². The molecule has 0 bridgehead atoms. The lowest BCUT2D eigenvalue weighted by atomic mass is 10.3. The van der Waals surface area contributed by atoms with Gasteiger partial charge in [-0.05, 0) is 37.4 Å². The van der Waals surface area contributed by atoms with Crippen molar-refractivity contribution in [2.24, 2.45) is 0 Å². The third-order valence-corrected chi connectivity index (χ3v) is 5.03.